The number of nitrogens with zero attached hydrogens (tertiary/aromatic N) is 2. The Morgan fingerprint density at radius 2 is 1.76 bits per heavy atom. The zero-order chi connectivity index (χ0) is 12.9. The topological polar surface area (TPSA) is 66.6 Å². The predicted octanol–water partition coefficient (Wildman–Crippen LogP) is 0.776. The maximum Gasteiger partial charge on any atom is 0.281 e. The van der Waals surface area contributed by atoms with Gasteiger partial charge in [0.2, 0.25) is 0 Å². The SMILES string of the molecule is CC(CCN)N(C)S(=O)(=O)N1CCCCCC1. The molecule has 0 bridgehead atoms. The molecule has 17 heavy (non-hydrogen) atoms. The summed E-state index contributed by atoms with van der Waals surface area (Å²) in [6.07, 6.45) is 4.91. The van der Waals surface area contributed by atoms with Gasteiger partial charge in [0.25, 0.3) is 10.2 Å². The molecule has 2 N–H and O–H groups in total. The summed E-state index contributed by atoms with van der Waals surface area (Å²) in [5.74, 6) is 0. The Kier molecular flexibility index (Phi) is 5.85. The Bertz CT molecular complexity index is 311. The van der Waals surface area contributed by atoms with Crippen molar-refractivity contribution in [3.05, 3.63) is 0 Å². The zero-order valence-corrected chi connectivity index (χ0v) is 11.7. The van der Waals surface area contributed by atoms with E-state index >= 15 is 0 Å². The first-order chi connectivity index (χ1) is 8.00. The minimum atomic E-state index is -3.30. The second kappa shape index (κ2) is 6.68. The van der Waals surface area contributed by atoms with Gasteiger partial charge in [-0.25, -0.2) is 0 Å². The molecule has 6 heteroatoms. The summed E-state index contributed by atoms with van der Waals surface area (Å²) in [4.78, 5) is 0. The summed E-state index contributed by atoms with van der Waals surface area (Å²) in [7, 11) is -1.64. The van der Waals surface area contributed by atoms with Crippen molar-refractivity contribution in [3.8, 4) is 0 Å². The van der Waals surface area contributed by atoms with Gasteiger partial charge >= 0.3 is 0 Å². The maximum absolute atomic E-state index is 12.4. The van der Waals surface area contributed by atoms with E-state index in [0.717, 1.165) is 25.7 Å². The molecule has 1 aliphatic rings. The summed E-state index contributed by atoms with van der Waals surface area (Å²) in [5.41, 5.74) is 5.48. The lowest BCUT2D eigenvalue weighted by atomic mass is 10.2. The quantitative estimate of drug-likeness (QED) is 0.797. The Hall–Kier alpha value is -0.170. The molecule has 1 heterocycles. The van der Waals surface area contributed by atoms with Crippen LogP contribution in [-0.2, 0) is 10.2 Å². The van der Waals surface area contributed by atoms with Gasteiger partial charge in [-0.15, -0.1) is 0 Å². The molecule has 1 unspecified atom stereocenters. The van der Waals surface area contributed by atoms with Gasteiger partial charge in [-0.1, -0.05) is 12.8 Å². The minimum absolute atomic E-state index is 0.0340. The van der Waals surface area contributed by atoms with E-state index in [1.165, 1.54) is 4.31 Å². The maximum atomic E-state index is 12.4. The fourth-order valence-electron chi connectivity index (χ4n) is 2.10. The third kappa shape index (κ3) is 3.91. The molecule has 1 saturated heterocycles. The third-order valence-electron chi connectivity index (χ3n) is 3.46. The summed E-state index contributed by atoms with van der Waals surface area (Å²) in [6.45, 7) is 3.73. The van der Waals surface area contributed by atoms with Crippen molar-refractivity contribution in [1.29, 1.82) is 0 Å². The van der Waals surface area contributed by atoms with Crippen molar-refractivity contribution >= 4 is 10.2 Å². The van der Waals surface area contributed by atoms with E-state index < -0.39 is 10.2 Å². The normalized spacial score (nSPS) is 21.4. The van der Waals surface area contributed by atoms with Crippen LogP contribution >= 0.6 is 0 Å². The number of rotatable bonds is 5. The van der Waals surface area contributed by atoms with Crippen LogP contribution in [-0.4, -0.2) is 49.8 Å². The highest BCUT2D eigenvalue weighted by Gasteiger charge is 2.29. The van der Waals surface area contributed by atoms with Crippen LogP contribution in [0.25, 0.3) is 0 Å². The van der Waals surface area contributed by atoms with Crippen molar-refractivity contribution in [2.24, 2.45) is 5.73 Å². The molecule has 0 aromatic heterocycles. The van der Waals surface area contributed by atoms with E-state index in [9.17, 15) is 8.42 Å². The molecular formula is C11H25N3O2S. The van der Waals surface area contributed by atoms with Crippen LogP contribution < -0.4 is 5.73 Å². The summed E-state index contributed by atoms with van der Waals surface area (Å²) < 4.78 is 27.8. The van der Waals surface area contributed by atoms with E-state index in [2.05, 4.69) is 0 Å². The molecule has 0 amide bonds. The molecule has 0 saturated carbocycles. The van der Waals surface area contributed by atoms with Crippen molar-refractivity contribution in [1.82, 2.24) is 8.61 Å². The van der Waals surface area contributed by atoms with E-state index in [0.29, 0.717) is 26.1 Å². The zero-order valence-electron chi connectivity index (χ0n) is 10.9. The first-order valence-electron chi connectivity index (χ1n) is 6.43. The number of nitrogens with two attached hydrogens (primary N) is 1. The second-order valence-corrected chi connectivity index (χ2v) is 6.75. The molecular weight excluding hydrogens is 238 g/mol. The molecule has 102 valence electrons. The monoisotopic (exact) mass is 263 g/mol. The third-order valence-corrected chi connectivity index (χ3v) is 5.57. The molecule has 1 aliphatic heterocycles. The van der Waals surface area contributed by atoms with Crippen molar-refractivity contribution in [2.75, 3.05) is 26.7 Å². The summed E-state index contributed by atoms with van der Waals surface area (Å²) in [5, 5.41) is 0. The molecule has 0 aromatic rings. The van der Waals surface area contributed by atoms with Crippen molar-refractivity contribution in [2.45, 2.75) is 45.1 Å². The molecule has 0 aliphatic carbocycles. The lowest BCUT2D eigenvalue weighted by Gasteiger charge is -2.30. The van der Waals surface area contributed by atoms with Gasteiger partial charge in [-0.05, 0) is 32.7 Å². The van der Waals surface area contributed by atoms with Crippen LogP contribution in [0.1, 0.15) is 39.0 Å². The lowest BCUT2D eigenvalue weighted by Crippen LogP contribution is -2.46. The van der Waals surface area contributed by atoms with E-state index in [1.54, 1.807) is 11.4 Å². The van der Waals surface area contributed by atoms with Crippen LogP contribution in [0.3, 0.4) is 0 Å². The van der Waals surface area contributed by atoms with Gasteiger partial charge in [-0.2, -0.15) is 17.0 Å². The smallest absolute Gasteiger partial charge is 0.281 e. The van der Waals surface area contributed by atoms with Crippen molar-refractivity contribution < 1.29 is 8.42 Å². The Morgan fingerprint density at radius 1 is 1.24 bits per heavy atom. The van der Waals surface area contributed by atoms with Gasteiger partial charge in [0, 0.05) is 26.2 Å². The van der Waals surface area contributed by atoms with Gasteiger partial charge in [0.1, 0.15) is 0 Å². The molecule has 0 radical (unpaired) electrons. The van der Waals surface area contributed by atoms with Gasteiger partial charge in [-0.3, -0.25) is 0 Å². The lowest BCUT2D eigenvalue weighted by molar-refractivity contribution is 0.321. The molecule has 1 atom stereocenters. The van der Waals surface area contributed by atoms with Gasteiger partial charge < -0.3 is 5.73 Å². The first kappa shape index (κ1) is 14.9. The van der Waals surface area contributed by atoms with E-state index in [-0.39, 0.29) is 6.04 Å². The highest BCUT2D eigenvalue weighted by Crippen LogP contribution is 2.17. The number of hydrogen-bond acceptors (Lipinski definition) is 3. The van der Waals surface area contributed by atoms with E-state index in [1.807, 2.05) is 6.92 Å². The second-order valence-electron chi connectivity index (χ2n) is 4.76. The average Bonchev–Trinajstić information content (AvgIpc) is 2.57. The fraction of sp³-hybridized carbons (Fsp3) is 1.00. The molecule has 1 fully saturated rings. The van der Waals surface area contributed by atoms with Crippen LogP contribution in [0.4, 0.5) is 0 Å². The van der Waals surface area contributed by atoms with Gasteiger partial charge in [0.15, 0.2) is 0 Å². The van der Waals surface area contributed by atoms with Gasteiger partial charge in [0.05, 0.1) is 0 Å². The largest absolute Gasteiger partial charge is 0.330 e. The molecule has 0 aromatic carbocycles. The summed E-state index contributed by atoms with van der Waals surface area (Å²) >= 11 is 0. The fourth-order valence-corrected chi connectivity index (χ4v) is 3.75. The number of hydrogen-bond donors (Lipinski definition) is 1. The van der Waals surface area contributed by atoms with Crippen LogP contribution in [0.15, 0.2) is 0 Å². The Morgan fingerprint density at radius 3 is 2.24 bits per heavy atom. The molecule has 5 nitrogen and oxygen atoms in total. The molecule has 0 spiro atoms. The molecule has 1 rings (SSSR count). The highest BCUT2D eigenvalue weighted by molar-refractivity contribution is 7.86. The highest BCUT2D eigenvalue weighted by atomic mass is 32.2. The summed E-state index contributed by atoms with van der Waals surface area (Å²) in [6, 6.07) is -0.0340. The van der Waals surface area contributed by atoms with Crippen LogP contribution in [0, 0.1) is 0 Å². The minimum Gasteiger partial charge on any atom is -0.330 e. The average molecular weight is 263 g/mol. The van der Waals surface area contributed by atoms with Crippen LogP contribution in [0.2, 0.25) is 0 Å². The Balaban J connectivity index is 2.71. The first-order valence-corrected chi connectivity index (χ1v) is 7.83. The standard InChI is InChI=1S/C11H25N3O2S/c1-11(7-8-12)13(2)17(15,16)14-9-5-3-4-6-10-14/h11H,3-10,12H2,1-2H3. The predicted molar refractivity (Wildman–Crippen MR) is 69.9 cm³/mol. The van der Waals surface area contributed by atoms with Crippen LogP contribution in [0.5, 0.6) is 0 Å². The van der Waals surface area contributed by atoms with Crippen molar-refractivity contribution in [3.63, 3.8) is 0 Å². The Labute approximate surface area is 105 Å². The van der Waals surface area contributed by atoms with E-state index in [4.69, 9.17) is 5.73 Å².